The Labute approximate surface area is 175 Å². The molecule has 0 aromatic heterocycles. The monoisotopic (exact) mass is 398 g/mol. The van der Waals surface area contributed by atoms with Crippen molar-refractivity contribution in [3.8, 4) is 0 Å². The van der Waals surface area contributed by atoms with Gasteiger partial charge in [-0.1, -0.05) is 78.4 Å². The van der Waals surface area contributed by atoms with Gasteiger partial charge < -0.3 is 0 Å². The van der Waals surface area contributed by atoms with Crippen molar-refractivity contribution in [2.24, 2.45) is 5.92 Å². The normalized spacial score (nSPS) is 16.8. The molecule has 4 rings (SSSR count). The molecule has 0 spiro atoms. The Balaban J connectivity index is 1.70. The van der Waals surface area contributed by atoms with Gasteiger partial charge in [-0.3, -0.25) is 14.5 Å². The van der Waals surface area contributed by atoms with E-state index in [1.807, 2.05) is 67.6 Å². The van der Waals surface area contributed by atoms with Crippen molar-refractivity contribution in [2.45, 2.75) is 19.9 Å². The Bertz CT molecular complexity index is 1060. The highest BCUT2D eigenvalue weighted by Crippen LogP contribution is 2.28. The van der Waals surface area contributed by atoms with Crippen molar-refractivity contribution < 1.29 is 14.4 Å². The van der Waals surface area contributed by atoms with E-state index in [-0.39, 0.29) is 13.0 Å². The fourth-order valence-corrected chi connectivity index (χ4v) is 3.62. The Morgan fingerprint density at radius 3 is 1.93 bits per heavy atom. The van der Waals surface area contributed by atoms with Crippen molar-refractivity contribution in [2.75, 3.05) is 4.90 Å². The number of benzene rings is 3. The lowest BCUT2D eigenvalue weighted by molar-refractivity contribution is -0.141. The molecular formula is C25H22N2O3. The van der Waals surface area contributed by atoms with Crippen LogP contribution in [0.1, 0.15) is 16.7 Å². The van der Waals surface area contributed by atoms with Gasteiger partial charge in [0, 0.05) is 0 Å². The zero-order chi connectivity index (χ0) is 21.1. The van der Waals surface area contributed by atoms with Crippen LogP contribution in [0.3, 0.4) is 0 Å². The summed E-state index contributed by atoms with van der Waals surface area (Å²) in [6.45, 7) is 2.10. The summed E-state index contributed by atoms with van der Waals surface area (Å²) in [5.74, 6) is -1.89. The first-order valence-corrected chi connectivity index (χ1v) is 9.88. The number of para-hydroxylation sites is 1. The van der Waals surface area contributed by atoms with Crippen molar-refractivity contribution >= 4 is 23.5 Å². The number of hydrogen-bond acceptors (Lipinski definition) is 3. The molecule has 5 heteroatoms. The van der Waals surface area contributed by atoms with Crippen LogP contribution in [-0.2, 0) is 22.6 Å². The SMILES string of the molecule is Cc1ccc(CN2C(=O)C(Cc3ccccc3)C(=O)N(c3ccccc3)C2=O)cc1. The summed E-state index contributed by atoms with van der Waals surface area (Å²) < 4.78 is 0. The number of amides is 4. The van der Waals surface area contributed by atoms with E-state index < -0.39 is 23.8 Å². The molecule has 0 bridgehead atoms. The first-order chi connectivity index (χ1) is 14.5. The molecule has 1 fully saturated rings. The van der Waals surface area contributed by atoms with Gasteiger partial charge in [-0.15, -0.1) is 0 Å². The summed E-state index contributed by atoms with van der Waals surface area (Å²) in [4.78, 5) is 42.0. The summed E-state index contributed by atoms with van der Waals surface area (Å²) in [6.07, 6.45) is 0.250. The predicted octanol–water partition coefficient (Wildman–Crippen LogP) is 4.35. The number of barbiturate groups is 1. The van der Waals surface area contributed by atoms with Crippen LogP contribution in [0.2, 0.25) is 0 Å². The predicted molar refractivity (Wildman–Crippen MR) is 115 cm³/mol. The Morgan fingerprint density at radius 2 is 1.30 bits per heavy atom. The van der Waals surface area contributed by atoms with E-state index in [4.69, 9.17) is 0 Å². The number of nitrogens with zero attached hydrogens (tertiary/aromatic N) is 2. The zero-order valence-electron chi connectivity index (χ0n) is 16.7. The van der Waals surface area contributed by atoms with E-state index in [1.54, 1.807) is 24.3 Å². The standard InChI is InChI=1S/C25H22N2O3/c1-18-12-14-20(15-13-18)17-26-23(28)22(16-19-8-4-2-5-9-19)24(29)27(25(26)30)21-10-6-3-7-11-21/h2-15,22H,16-17H2,1H3. The molecule has 0 radical (unpaired) electrons. The minimum Gasteiger partial charge on any atom is -0.273 e. The van der Waals surface area contributed by atoms with Crippen LogP contribution >= 0.6 is 0 Å². The van der Waals surface area contributed by atoms with Crippen molar-refractivity contribution in [1.82, 2.24) is 4.90 Å². The van der Waals surface area contributed by atoms with Crippen LogP contribution in [0.5, 0.6) is 0 Å². The van der Waals surface area contributed by atoms with Crippen LogP contribution in [0.15, 0.2) is 84.9 Å². The summed E-state index contributed by atoms with van der Waals surface area (Å²) in [6, 6.07) is 25.2. The summed E-state index contributed by atoms with van der Waals surface area (Å²) in [5.41, 5.74) is 3.27. The maximum absolute atomic E-state index is 13.3. The molecular weight excluding hydrogens is 376 g/mol. The molecule has 150 valence electrons. The second-order valence-electron chi connectivity index (χ2n) is 7.44. The van der Waals surface area contributed by atoms with Gasteiger partial charge in [-0.25, -0.2) is 9.69 Å². The second-order valence-corrected chi connectivity index (χ2v) is 7.44. The topological polar surface area (TPSA) is 57.7 Å². The van der Waals surface area contributed by atoms with Gasteiger partial charge in [0.1, 0.15) is 5.92 Å². The lowest BCUT2D eigenvalue weighted by Crippen LogP contribution is -2.60. The molecule has 1 aliphatic heterocycles. The molecule has 5 nitrogen and oxygen atoms in total. The molecule has 3 aromatic carbocycles. The first-order valence-electron chi connectivity index (χ1n) is 9.88. The lowest BCUT2D eigenvalue weighted by Gasteiger charge is -2.37. The number of carbonyl (C=O) groups excluding carboxylic acids is 3. The fourth-order valence-electron chi connectivity index (χ4n) is 3.62. The Kier molecular flexibility index (Phi) is 5.44. The molecule has 3 aromatic rings. The fraction of sp³-hybridized carbons (Fsp3) is 0.160. The molecule has 0 aliphatic carbocycles. The van der Waals surface area contributed by atoms with E-state index >= 15 is 0 Å². The average Bonchev–Trinajstić information content (AvgIpc) is 2.77. The van der Waals surface area contributed by atoms with Crippen molar-refractivity contribution in [3.63, 3.8) is 0 Å². The maximum Gasteiger partial charge on any atom is 0.338 e. The van der Waals surface area contributed by atoms with E-state index in [1.165, 1.54) is 4.90 Å². The molecule has 0 saturated carbocycles. The quantitative estimate of drug-likeness (QED) is 0.601. The van der Waals surface area contributed by atoms with Crippen LogP contribution in [0.25, 0.3) is 0 Å². The Morgan fingerprint density at radius 1 is 0.700 bits per heavy atom. The summed E-state index contributed by atoms with van der Waals surface area (Å²) in [7, 11) is 0. The molecule has 1 atom stereocenters. The first kappa shape index (κ1) is 19.6. The summed E-state index contributed by atoms with van der Waals surface area (Å²) in [5, 5.41) is 0. The van der Waals surface area contributed by atoms with E-state index in [0.717, 1.165) is 21.6 Å². The maximum atomic E-state index is 13.3. The van der Waals surface area contributed by atoms with Crippen LogP contribution in [0, 0.1) is 12.8 Å². The number of hydrogen-bond donors (Lipinski definition) is 0. The van der Waals surface area contributed by atoms with Crippen LogP contribution < -0.4 is 4.90 Å². The summed E-state index contributed by atoms with van der Waals surface area (Å²) >= 11 is 0. The largest absolute Gasteiger partial charge is 0.338 e. The third-order valence-corrected chi connectivity index (χ3v) is 5.26. The molecule has 4 amide bonds. The number of urea groups is 1. The number of aryl methyl sites for hydroxylation is 1. The third kappa shape index (κ3) is 3.87. The molecule has 1 unspecified atom stereocenters. The number of carbonyl (C=O) groups is 3. The zero-order valence-corrected chi connectivity index (χ0v) is 16.7. The van der Waals surface area contributed by atoms with Gasteiger partial charge in [0.2, 0.25) is 11.8 Å². The van der Waals surface area contributed by atoms with Crippen LogP contribution in [0.4, 0.5) is 10.5 Å². The Hall–Kier alpha value is -3.73. The highest BCUT2D eigenvalue weighted by molar-refractivity contribution is 6.27. The molecule has 30 heavy (non-hydrogen) atoms. The minimum absolute atomic E-state index is 0.125. The second kappa shape index (κ2) is 8.33. The van der Waals surface area contributed by atoms with Gasteiger partial charge in [-0.05, 0) is 36.6 Å². The number of anilines is 1. The smallest absolute Gasteiger partial charge is 0.273 e. The van der Waals surface area contributed by atoms with Crippen molar-refractivity contribution in [1.29, 1.82) is 0 Å². The third-order valence-electron chi connectivity index (χ3n) is 5.26. The van der Waals surface area contributed by atoms with Crippen molar-refractivity contribution in [3.05, 3.63) is 102 Å². The number of imide groups is 2. The lowest BCUT2D eigenvalue weighted by atomic mass is 9.94. The highest BCUT2D eigenvalue weighted by atomic mass is 16.2. The van der Waals surface area contributed by atoms with E-state index in [0.29, 0.717) is 5.69 Å². The van der Waals surface area contributed by atoms with E-state index in [2.05, 4.69) is 0 Å². The van der Waals surface area contributed by atoms with Crippen LogP contribution in [-0.4, -0.2) is 22.7 Å². The van der Waals surface area contributed by atoms with Gasteiger partial charge in [-0.2, -0.15) is 0 Å². The van der Waals surface area contributed by atoms with Gasteiger partial charge in [0.05, 0.1) is 12.2 Å². The molecule has 0 N–H and O–H groups in total. The number of rotatable bonds is 5. The molecule has 1 saturated heterocycles. The van der Waals surface area contributed by atoms with Gasteiger partial charge >= 0.3 is 6.03 Å². The minimum atomic E-state index is -0.948. The molecule has 1 aliphatic rings. The molecule has 1 heterocycles. The average molecular weight is 398 g/mol. The highest BCUT2D eigenvalue weighted by Gasteiger charge is 2.46. The van der Waals surface area contributed by atoms with Gasteiger partial charge in [0.15, 0.2) is 0 Å². The van der Waals surface area contributed by atoms with E-state index in [9.17, 15) is 14.4 Å². The van der Waals surface area contributed by atoms with Gasteiger partial charge in [0.25, 0.3) is 0 Å².